The van der Waals surface area contributed by atoms with Crippen LogP contribution < -0.4 is 16.4 Å². The number of anilines is 1. The molecule has 0 aliphatic carbocycles. The Hall–Kier alpha value is -3.00. The molecule has 2 atom stereocenters. The largest absolute Gasteiger partial charge is 0.384 e. The van der Waals surface area contributed by atoms with Gasteiger partial charge in [0.15, 0.2) is 0 Å². The fraction of sp³-hybridized carbons (Fsp3) is 0.350. The van der Waals surface area contributed by atoms with Gasteiger partial charge in [-0.3, -0.25) is 9.59 Å². The van der Waals surface area contributed by atoms with E-state index in [0.29, 0.717) is 11.4 Å². The van der Waals surface area contributed by atoms with Gasteiger partial charge in [0, 0.05) is 19.3 Å². The molecular formula is C20H25FN4O3. The molecule has 2 aromatic rings. The van der Waals surface area contributed by atoms with E-state index >= 15 is 0 Å². The van der Waals surface area contributed by atoms with Gasteiger partial charge in [0.25, 0.3) is 5.91 Å². The van der Waals surface area contributed by atoms with E-state index in [2.05, 4.69) is 15.6 Å². The zero-order valence-electron chi connectivity index (χ0n) is 15.9. The first-order valence-corrected chi connectivity index (χ1v) is 8.97. The molecule has 0 unspecified atom stereocenters. The van der Waals surface area contributed by atoms with Crippen molar-refractivity contribution in [2.45, 2.75) is 38.3 Å². The minimum Gasteiger partial charge on any atom is -0.384 e. The van der Waals surface area contributed by atoms with Crippen molar-refractivity contribution in [3.05, 3.63) is 59.5 Å². The first-order valence-electron chi connectivity index (χ1n) is 8.97. The Morgan fingerprint density at radius 3 is 2.46 bits per heavy atom. The van der Waals surface area contributed by atoms with Crippen LogP contribution in [0.3, 0.4) is 0 Å². The van der Waals surface area contributed by atoms with Crippen LogP contribution in [0.2, 0.25) is 0 Å². The van der Waals surface area contributed by atoms with Crippen LogP contribution in [0.4, 0.5) is 10.2 Å². The van der Waals surface area contributed by atoms with Gasteiger partial charge < -0.3 is 21.5 Å². The minimum absolute atomic E-state index is 0.0353. The Bertz CT molecular complexity index is 807. The van der Waals surface area contributed by atoms with Crippen LogP contribution in [0.1, 0.15) is 37.3 Å². The first kappa shape index (κ1) is 21.3. The van der Waals surface area contributed by atoms with Gasteiger partial charge in [-0.2, -0.15) is 0 Å². The summed E-state index contributed by atoms with van der Waals surface area (Å²) < 4.78 is 13.2. The monoisotopic (exact) mass is 388 g/mol. The predicted octanol–water partition coefficient (Wildman–Crippen LogP) is 1.48. The van der Waals surface area contributed by atoms with Gasteiger partial charge in [-0.1, -0.05) is 25.1 Å². The molecule has 0 spiro atoms. The van der Waals surface area contributed by atoms with Gasteiger partial charge in [0.05, 0.1) is 5.92 Å². The van der Waals surface area contributed by atoms with Crippen LogP contribution in [0, 0.1) is 5.82 Å². The summed E-state index contributed by atoms with van der Waals surface area (Å²) in [6, 6.07) is 8.87. The van der Waals surface area contributed by atoms with E-state index in [4.69, 9.17) is 5.73 Å². The van der Waals surface area contributed by atoms with Crippen LogP contribution in [0.5, 0.6) is 0 Å². The fourth-order valence-electron chi connectivity index (χ4n) is 2.46. The van der Waals surface area contributed by atoms with E-state index in [1.54, 1.807) is 25.3 Å². The molecule has 1 heterocycles. The molecule has 150 valence electrons. The summed E-state index contributed by atoms with van der Waals surface area (Å²) in [7, 11) is 0. The van der Waals surface area contributed by atoms with E-state index in [0.717, 1.165) is 5.56 Å². The highest BCUT2D eigenvalue weighted by Crippen LogP contribution is 2.17. The summed E-state index contributed by atoms with van der Waals surface area (Å²) in [5, 5.41) is 15.4. The SMILES string of the molecule is CC[C@@](C)(O)C(=O)NC[C@H](C(=O)NCc1ccc(N)nc1)c1ccc(F)cc1. The van der Waals surface area contributed by atoms with Crippen molar-refractivity contribution < 1.29 is 19.1 Å². The normalized spacial score (nSPS) is 14.0. The number of aromatic nitrogens is 1. The Labute approximate surface area is 163 Å². The second kappa shape index (κ2) is 9.27. The van der Waals surface area contributed by atoms with Crippen molar-refractivity contribution in [2.24, 2.45) is 0 Å². The average molecular weight is 388 g/mol. The number of nitrogens with one attached hydrogen (secondary N) is 2. The fourth-order valence-corrected chi connectivity index (χ4v) is 2.46. The summed E-state index contributed by atoms with van der Waals surface area (Å²) in [6.07, 6.45) is 1.79. The number of pyridine rings is 1. The molecule has 7 nitrogen and oxygen atoms in total. The van der Waals surface area contributed by atoms with Crippen molar-refractivity contribution in [3.63, 3.8) is 0 Å². The van der Waals surface area contributed by atoms with Crippen LogP contribution in [0.15, 0.2) is 42.6 Å². The molecule has 8 heteroatoms. The van der Waals surface area contributed by atoms with Crippen molar-refractivity contribution in [3.8, 4) is 0 Å². The molecule has 0 aliphatic rings. The predicted molar refractivity (Wildman–Crippen MR) is 104 cm³/mol. The van der Waals surface area contributed by atoms with Gasteiger partial charge in [-0.15, -0.1) is 0 Å². The van der Waals surface area contributed by atoms with Gasteiger partial charge in [0.2, 0.25) is 5.91 Å². The third-order valence-corrected chi connectivity index (χ3v) is 4.55. The summed E-state index contributed by atoms with van der Waals surface area (Å²) in [6.45, 7) is 3.28. The number of rotatable bonds is 8. The highest BCUT2D eigenvalue weighted by Gasteiger charge is 2.29. The van der Waals surface area contributed by atoms with Gasteiger partial charge in [-0.05, 0) is 42.7 Å². The Morgan fingerprint density at radius 2 is 1.89 bits per heavy atom. The van der Waals surface area contributed by atoms with Crippen LogP contribution in [0.25, 0.3) is 0 Å². The van der Waals surface area contributed by atoms with E-state index in [9.17, 15) is 19.1 Å². The van der Waals surface area contributed by atoms with E-state index in [-0.39, 0.29) is 25.4 Å². The Kier molecular flexibility index (Phi) is 7.06. The van der Waals surface area contributed by atoms with Crippen LogP contribution >= 0.6 is 0 Å². The smallest absolute Gasteiger partial charge is 0.251 e. The molecule has 0 saturated carbocycles. The maximum Gasteiger partial charge on any atom is 0.251 e. The number of carbonyl (C=O) groups is 2. The second-order valence-corrected chi connectivity index (χ2v) is 6.75. The van der Waals surface area contributed by atoms with Crippen LogP contribution in [-0.2, 0) is 16.1 Å². The first-order chi connectivity index (χ1) is 13.2. The zero-order chi connectivity index (χ0) is 20.7. The van der Waals surface area contributed by atoms with E-state index in [1.165, 1.54) is 31.2 Å². The molecular weight excluding hydrogens is 363 g/mol. The number of nitrogens with zero attached hydrogens (tertiary/aromatic N) is 1. The molecule has 5 N–H and O–H groups in total. The number of amides is 2. The molecule has 1 aromatic carbocycles. The maximum atomic E-state index is 13.2. The van der Waals surface area contributed by atoms with Gasteiger partial charge >= 0.3 is 0 Å². The number of benzene rings is 1. The lowest BCUT2D eigenvalue weighted by molar-refractivity contribution is -0.138. The van der Waals surface area contributed by atoms with E-state index in [1.807, 2.05) is 0 Å². The van der Waals surface area contributed by atoms with Crippen LogP contribution in [-0.4, -0.2) is 34.1 Å². The van der Waals surface area contributed by atoms with Gasteiger partial charge in [-0.25, -0.2) is 9.37 Å². The highest BCUT2D eigenvalue weighted by molar-refractivity contribution is 5.87. The molecule has 0 fully saturated rings. The highest BCUT2D eigenvalue weighted by atomic mass is 19.1. The number of hydrogen-bond donors (Lipinski definition) is 4. The Morgan fingerprint density at radius 1 is 1.21 bits per heavy atom. The number of carbonyl (C=O) groups excluding carboxylic acids is 2. The molecule has 28 heavy (non-hydrogen) atoms. The second-order valence-electron chi connectivity index (χ2n) is 6.75. The van der Waals surface area contributed by atoms with E-state index < -0.39 is 23.2 Å². The number of aliphatic hydroxyl groups is 1. The number of nitrogens with two attached hydrogens (primary N) is 1. The zero-order valence-corrected chi connectivity index (χ0v) is 15.9. The summed E-state index contributed by atoms with van der Waals surface area (Å²) in [4.78, 5) is 28.8. The quantitative estimate of drug-likeness (QED) is 0.546. The molecule has 1 aromatic heterocycles. The molecule has 2 amide bonds. The molecule has 0 aliphatic heterocycles. The molecule has 0 bridgehead atoms. The lowest BCUT2D eigenvalue weighted by Crippen LogP contribution is -2.46. The van der Waals surface area contributed by atoms with Crippen molar-refractivity contribution in [1.29, 1.82) is 0 Å². The Balaban J connectivity index is 2.10. The molecule has 0 saturated heterocycles. The lowest BCUT2D eigenvalue weighted by Gasteiger charge is -2.23. The third-order valence-electron chi connectivity index (χ3n) is 4.55. The summed E-state index contributed by atoms with van der Waals surface area (Å²) in [5.41, 5.74) is 5.32. The summed E-state index contributed by atoms with van der Waals surface area (Å²) in [5.74, 6) is -1.71. The standard InChI is InChI=1S/C20H25FN4O3/c1-3-20(2,28)19(27)25-12-16(14-5-7-15(21)8-6-14)18(26)24-11-13-4-9-17(22)23-10-13/h4-10,16,28H,3,11-12H2,1-2H3,(H2,22,23)(H,24,26)(H,25,27)/t16-,20+/m0/s1. The topological polar surface area (TPSA) is 117 Å². The number of hydrogen-bond acceptors (Lipinski definition) is 5. The van der Waals surface area contributed by atoms with Gasteiger partial charge in [0.1, 0.15) is 17.2 Å². The minimum atomic E-state index is -1.53. The van der Waals surface area contributed by atoms with Crippen molar-refractivity contribution >= 4 is 17.6 Å². The number of nitrogen functional groups attached to an aromatic ring is 1. The lowest BCUT2D eigenvalue weighted by atomic mass is 9.96. The summed E-state index contributed by atoms with van der Waals surface area (Å²) >= 11 is 0. The maximum absolute atomic E-state index is 13.2. The number of halogens is 1. The van der Waals surface area contributed by atoms with Crippen molar-refractivity contribution in [2.75, 3.05) is 12.3 Å². The third kappa shape index (κ3) is 5.75. The molecule has 0 radical (unpaired) electrons. The average Bonchev–Trinajstić information content (AvgIpc) is 2.68. The van der Waals surface area contributed by atoms with Crippen molar-refractivity contribution in [1.82, 2.24) is 15.6 Å². The molecule has 2 rings (SSSR count).